The van der Waals surface area contributed by atoms with Crippen LogP contribution in [0.25, 0.3) is 10.8 Å². The van der Waals surface area contributed by atoms with Gasteiger partial charge in [0.25, 0.3) is 0 Å². The number of hydrogen-bond donors (Lipinski definition) is 0. The number of halogens is 1. The average Bonchev–Trinajstić information content (AvgIpc) is 2.68. The summed E-state index contributed by atoms with van der Waals surface area (Å²) in [5.74, 6) is -0.329. The van der Waals surface area contributed by atoms with Crippen LogP contribution in [-0.2, 0) is 14.8 Å². The summed E-state index contributed by atoms with van der Waals surface area (Å²) < 4.78 is 46.4. The quantitative estimate of drug-likeness (QED) is 0.705. The second-order valence-electron chi connectivity index (χ2n) is 6.28. The Hall–Kier alpha value is -2.28. The molecule has 0 unspecified atom stereocenters. The van der Waals surface area contributed by atoms with Crippen LogP contribution >= 0.6 is 0 Å². The van der Waals surface area contributed by atoms with Crippen molar-refractivity contribution < 1.29 is 17.5 Å². The van der Waals surface area contributed by atoms with Gasteiger partial charge in [0.05, 0.1) is 17.6 Å². The second-order valence-corrected chi connectivity index (χ2v) is 8.22. The zero-order chi connectivity index (χ0) is 18.1. The van der Waals surface area contributed by atoms with E-state index in [1.54, 1.807) is 24.3 Å². The predicted molar refractivity (Wildman–Crippen MR) is 97.8 cm³/mol. The van der Waals surface area contributed by atoms with Gasteiger partial charge in [-0.25, -0.2) is 12.8 Å². The number of benzene rings is 3. The molecule has 0 N–H and O–H groups in total. The molecule has 1 atom stereocenters. The van der Waals surface area contributed by atoms with E-state index >= 15 is 0 Å². The van der Waals surface area contributed by atoms with Crippen molar-refractivity contribution in [3.05, 3.63) is 78.1 Å². The van der Waals surface area contributed by atoms with Crippen molar-refractivity contribution in [2.45, 2.75) is 11.0 Å². The Bertz CT molecular complexity index is 1030. The molecule has 0 aliphatic carbocycles. The minimum absolute atomic E-state index is 0.209. The van der Waals surface area contributed by atoms with E-state index in [4.69, 9.17) is 4.74 Å². The third-order valence-corrected chi connectivity index (χ3v) is 6.49. The highest BCUT2D eigenvalue weighted by atomic mass is 32.2. The molecule has 4 nitrogen and oxygen atoms in total. The molecule has 0 radical (unpaired) electrons. The monoisotopic (exact) mass is 371 g/mol. The van der Waals surface area contributed by atoms with Crippen molar-refractivity contribution in [3.63, 3.8) is 0 Å². The molecular weight excluding hydrogens is 353 g/mol. The maximum Gasteiger partial charge on any atom is 0.243 e. The molecule has 1 aliphatic rings. The zero-order valence-corrected chi connectivity index (χ0v) is 14.8. The molecule has 6 heteroatoms. The lowest BCUT2D eigenvalue weighted by Crippen LogP contribution is -2.42. The lowest BCUT2D eigenvalue weighted by molar-refractivity contribution is -0.00258. The van der Waals surface area contributed by atoms with Crippen LogP contribution in [0, 0.1) is 5.82 Å². The molecule has 134 valence electrons. The van der Waals surface area contributed by atoms with Crippen LogP contribution in [0.15, 0.2) is 71.6 Å². The highest BCUT2D eigenvalue weighted by Crippen LogP contribution is 2.28. The number of sulfonamides is 1. The summed E-state index contributed by atoms with van der Waals surface area (Å²) in [5, 5.41) is 1.88. The van der Waals surface area contributed by atoms with Crippen LogP contribution in [0.2, 0.25) is 0 Å². The smallest absolute Gasteiger partial charge is 0.243 e. The third kappa shape index (κ3) is 3.23. The molecule has 0 spiro atoms. The van der Waals surface area contributed by atoms with E-state index in [2.05, 4.69) is 0 Å². The summed E-state index contributed by atoms with van der Waals surface area (Å²) in [6, 6.07) is 18.8. The molecule has 1 fully saturated rings. The van der Waals surface area contributed by atoms with Gasteiger partial charge in [-0.2, -0.15) is 4.31 Å². The maximum absolute atomic E-state index is 13.1. The first-order chi connectivity index (χ1) is 12.5. The summed E-state index contributed by atoms with van der Waals surface area (Å²) >= 11 is 0. The first kappa shape index (κ1) is 17.1. The van der Waals surface area contributed by atoms with Crippen molar-refractivity contribution in [3.8, 4) is 0 Å². The first-order valence-corrected chi connectivity index (χ1v) is 9.84. The number of ether oxygens (including phenoxy) is 1. The molecule has 1 heterocycles. The zero-order valence-electron chi connectivity index (χ0n) is 14.0. The van der Waals surface area contributed by atoms with Crippen LogP contribution in [0.3, 0.4) is 0 Å². The van der Waals surface area contributed by atoms with Crippen LogP contribution < -0.4 is 0 Å². The van der Waals surface area contributed by atoms with E-state index in [0.29, 0.717) is 13.2 Å². The predicted octanol–water partition coefficient (Wildman–Crippen LogP) is 3.74. The standard InChI is InChI=1S/C20H18FNO3S/c21-18-8-5-16(6-9-18)20-14-22(11-12-25-20)26(23,24)19-10-7-15-3-1-2-4-17(15)13-19/h1-10,13,20H,11-12,14H2/t20-/m0/s1. The minimum atomic E-state index is -3.62. The number of rotatable bonds is 3. The fourth-order valence-electron chi connectivity index (χ4n) is 3.20. The van der Waals surface area contributed by atoms with Crippen molar-refractivity contribution in [2.75, 3.05) is 19.7 Å². The van der Waals surface area contributed by atoms with Crippen LogP contribution in [0.4, 0.5) is 4.39 Å². The van der Waals surface area contributed by atoms with E-state index < -0.39 is 16.1 Å². The summed E-state index contributed by atoms with van der Waals surface area (Å²) in [6.07, 6.45) is -0.403. The van der Waals surface area contributed by atoms with Crippen molar-refractivity contribution in [1.82, 2.24) is 4.31 Å². The summed E-state index contributed by atoms with van der Waals surface area (Å²) in [5.41, 5.74) is 0.768. The Morgan fingerprint density at radius 3 is 2.46 bits per heavy atom. The topological polar surface area (TPSA) is 46.6 Å². The van der Waals surface area contributed by atoms with Crippen molar-refractivity contribution in [1.29, 1.82) is 0 Å². The lowest BCUT2D eigenvalue weighted by Gasteiger charge is -2.32. The van der Waals surface area contributed by atoms with Gasteiger partial charge in [-0.05, 0) is 40.6 Å². The maximum atomic E-state index is 13.1. The lowest BCUT2D eigenvalue weighted by atomic mass is 10.1. The first-order valence-electron chi connectivity index (χ1n) is 8.40. The highest BCUT2D eigenvalue weighted by molar-refractivity contribution is 7.89. The molecule has 0 bridgehead atoms. The molecule has 1 saturated heterocycles. The number of morpholine rings is 1. The largest absolute Gasteiger partial charge is 0.371 e. The van der Waals surface area contributed by atoms with E-state index in [1.807, 2.05) is 30.3 Å². The van der Waals surface area contributed by atoms with Gasteiger partial charge >= 0.3 is 0 Å². The van der Waals surface area contributed by atoms with Crippen LogP contribution in [0.1, 0.15) is 11.7 Å². The van der Waals surface area contributed by atoms with Gasteiger partial charge in [0, 0.05) is 13.1 Å². The Kier molecular flexibility index (Phi) is 4.48. The number of hydrogen-bond acceptors (Lipinski definition) is 3. The van der Waals surface area contributed by atoms with Gasteiger partial charge in [-0.3, -0.25) is 0 Å². The molecule has 26 heavy (non-hydrogen) atoms. The molecule has 0 amide bonds. The normalized spacial score (nSPS) is 18.9. The van der Waals surface area contributed by atoms with Gasteiger partial charge in [0.2, 0.25) is 10.0 Å². The van der Waals surface area contributed by atoms with Crippen molar-refractivity contribution in [2.24, 2.45) is 0 Å². The Balaban J connectivity index is 1.62. The molecule has 4 rings (SSSR count). The molecule has 3 aromatic carbocycles. The number of nitrogens with zero attached hydrogens (tertiary/aromatic N) is 1. The Labute approximate surface area is 151 Å². The fraction of sp³-hybridized carbons (Fsp3) is 0.200. The number of fused-ring (bicyclic) bond motifs is 1. The van der Waals surface area contributed by atoms with Crippen LogP contribution in [-0.4, -0.2) is 32.4 Å². The summed E-state index contributed by atoms with van der Waals surface area (Å²) in [6.45, 7) is 0.808. The van der Waals surface area contributed by atoms with E-state index in [-0.39, 0.29) is 17.3 Å². The van der Waals surface area contributed by atoms with Gasteiger partial charge in [0.15, 0.2) is 0 Å². The minimum Gasteiger partial charge on any atom is -0.371 e. The van der Waals surface area contributed by atoms with E-state index in [9.17, 15) is 12.8 Å². The third-order valence-electron chi connectivity index (χ3n) is 4.63. The van der Waals surface area contributed by atoms with Crippen molar-refractivity contribution >= 4 is 20.8 Å². The SMILES string of the molecule is O=S(=O)(c1ccc2ccccc2c1)N1CCO[C@H](c2ccc(F)cc2)C1. The molecule has 1 aliphatic heterocycles. The van der Waals surface area contributed by atoms with E-state index in [0.717, 1.165) is 16.3 Å². The Morgan fingerprint density at radius 1 is 0.962 bits per heavy atom. The van der Waals surface area contributed by atoms with Gasteiger partial charge in [-0.1, -0.05) is 42.5 Å². The summed E-state index contributed by atoms with van der Waals surface area (Å²) in [7, 11) is -3.62. The van der Waals surface area contributed by atoms with Gasteiger partial charge in [-0.15, -0.1) is 0 Å². The molecular formula is C20H18FNO3S. The van der Waals surface area contributed by atoms with Gasteiger partial charge in [0.1, 0.15) is 5.82 Å². The molecule has 3 aromatic rings. The molecule has 0 saturated carbocycles. The van der Waals surface area contributed by atoms with Crippen LogP contribution in [0.5, 0.6) is 0 Å². The average molecular weight is 371 g/mol. The molecule has 0 aromatic heterocycles. The summed E-state index contributed by atoms with van der Waals surface area (Å²) in [4.78, 5) is 0.274. The van der Waals surface area contributed by atoms with Gasteiger partial charge < -0.3 is 4.74 Å². The Morgan fingerprint density at radius 2 is 1.69 bits per heavy atom. The highest BCUT2D eigenvalue weighted by Gasteiger charge is 2.31. The fourth-order valence-corrected chi connectivity index (χ4v) is 4.66. The van der Waals surface area contributed by atoms with E-state index in [1.165, 1.54) is 16.4 Å². The second kappa shape index (κ2) is 6.79.